The summed E-state index contributed by atoms with van der Waals surface area (Å²) in [5.74, 6) is 0.130. The zero-order valence-electron chi connectivity index (χ0n) is 18.4. The van der Waals surface area contributed by atoms with Gasteiger partial charge in [-0.3, -0.25) is 19.3 Å². The number of amides is 3. The zero-order chi connectivity index (χ0) is 23.0. The molecule has 0 N–H and O–H groups in total. The van der Waals surface area contributed by atoms with E-state index >= 15 is 0 Å². The van der Waals surface area contributed by atoms with Crippen LogP contribution in [-0.4, -0.2) is 54.3 Å². The van der Waals surface area contributed by atoms with Gasteiger partial charge < -0.3 is 14.2 Å². The van der Waals surface area contributed by atoms with Gasteiger partial charge in [0, 0.05) is 44.9 Å². The molecule has 3 amide bonds. The van der Waals surface area contributed by atoms with E-state index in [9.17, 15) is 14.4 Å². The van der Waals surface area contributed by atoms with Gasteiger partial charge in [-0.25, -0.2) is 4.98 Å². The minimum absolute atomic E-state index is 0.0820. The molecule has 0 saturated heterocycles. The first-order valence-electron chi connectivity index (χ1n) is 10.2. The smallest absolute Gasteiger partial charge is 0.294 e. The first-order chi connectivity index (χ1) is 15.3. The monoisotopic (exact) mass is 432 g/mol. The molecule has 1 aliphatic rings. The highest BCUT2D eigenvalue weighted by molar-refractivity contribution is 6.09. The van der Waals surface area contributed by atoms with Crippen LogP contribution in [0.4, 0.5) is 11.5 Å². The SMILES string of the molecule is CC(=O)N1c2ncc(-c3ccc(C(=O)N(C)C)cc3)cc2N(C(=O)c2ccco2)C[C@@H]1C. The molecule has 0 saturated carbocycles. The van der Waals surface area contributed by atoms with Crippen molar-refractivity contribution in [1.29, 1.82) is 0 Å². The lowest BCUT2D eigenvalue weighted by molar-refractivity contribution is -0.117. The summed E-state index contributed by atoms with van der Waals surface area (Å²) in [4.78, 5) is 46.9. The molecule has 0 spiro atoms. The number of rotatable bonds is 3. The quantitative estimate of drug-likeness (QED) is 0.633. The van der Waals surface area contributed by atoms with E-state index in [4.69, 9.17) is 4.42 Å². The molecule has 1 aromatic carbocycles. The zero-order valence-corrected chi connectivity index (χ0v) is 18.4. The number of furan rings is 1. The van der Waals surface area contributed by atoms with Crippen LogP contribution in [0.25, 0.3) is 11.1 Å². The van der Waals surface area contributed by atoms with Crippen LogP contribution < -0.4 is 9.80 Å². The summed E-state index contributed by atoms with van der Waals surface area (Å²) in [6.07, 6.45) is 3.12. The van der Waals surface area contributed by atoms with Gasteiger partial charge in [0.2, 0.25) is 5.91 Å². The number of nitrogens with zero attached hydrogens (tertiary/aromatic N) is 4. The standard InChI is InChI=1S/C24H24N4O4/c1-15-14-27(24(31)21-6-5-11-32-21)20-12-19(13-25-22(20)28(15)16(2)29)17-7-9-18(10-8-17)23(30)26(3)4/h5-13,15H,14H2,1-4H3/t15-/m0/s1. The molecule has 3 aromatic rings. The van der Waals surface area contributed by atoms with Crippen molar-refractivity contribution in [2.45, 2.75) is 19.9 Å². The number of carbonyl (C=O) groups excluding carboxylic acids is 3. The highest BCUT2D eigenvalue weighted by Gasteiger charge is 2.36. The van der Waals surface area contributed by atoms with E-state index in [1.54, 1.807) is 54.4 Å². The summed E-state index contributed by atoms with van der Waals surface area (Å²) in [5.41, 5.74) is 2.72. The van der Waals surface area contributed by atoms with E-state index in [-0.39, 0.29) is 29.5 Å². The summed E-state index contributed by atoms with van der Waals surface area (Å²) in [7, 11) is 3.41. The Hall–Kier alpha value is -3.94. The van der Waals surface area contributed by atoms with Crippen molar-refractivity contribution in [3.8, 4) is 11.1 Å². The fraction of sp³-hybridized carbons (Fsp3) is 0.250. The van der Waals surface area contributed by atoms with E-state index in [0.717, 1.165) is 11.1 Å². The number of pyridine rings is 1. The normalized spacial score (nSPS) is 15.3. The predicted octanol–water partition coefficient (Wildman–Crippen LogP) is 3.45. The van der Waals surface area contributed by atoms with Gasteiger partial charge in [0.25, 0.3) is 11.8 Å². The van der Waals surface area contributed by atoms with Gasteiger partial charge in [-0.15, -0.1) is 0 Å². The van der Waals surface area contributed by atoms with Gasteiger partial charge >= 0.3 is 0 Å². The van der Waals surface area contributed by atoms with Gasteiger partial charge in [-0.05, 0) is 42.8 Å². The molecule has 0 radical (unpaired) electrons. The van der Waals surface area contributed by atoms with E-state index in [2.05, 4.69) is 4.98 Å². The summed E-state index contributed by atoms with van der Waals surface area (Å²) >= 11 is 0. The molecule has 0 bridgehead atoms. The summed E-state index contributed by atoms with van der Waals surface area (Å²) in [6, 6.07) is 12.1. The second-order valence-electron chi connectivity index (χ2n) is 7.97. The van der Waals surface area contributed by atoms with Gasteiger partial charge in [-0.2, -0.15) is 0 Å². The van der Waals surface area contributed by atoms with Crippen molar-refractivity contribution in [1.82, 2.24) is 9.88 Å². The minimum atomic E-state index is -0.294. The highest BCUT2D eigenvalue weighted by Crippen LogP contribution is 2.37. The molecule has 0 aliphatic carbocycles. The number of fused-ring (bicyclic) bond motifs is 1. The molecule has 8 nitrogen and oxygen atoms in total. The maximum absolute atomic E-state index is 13.1. The summed E-state index contributed by atoms with van der Waals surface area (Å²) in [5, 5.41) is 0. The minimum Gasteiger partial charge on any atom is -0.459 e. The first-order valence-corrected chi connectivity index (χ1v) is 10.2. The Balaban J connectivity index is 1.77. The van der Waals surface area contributed by atoms with E-state index in [0.29, 0.717) is 23.6 Å². The van der Waals surface area contributed by atoms with Crippen LogP contribution >= 0.6 is 0 Å². The molecule has 1 atom stereocenters. The van der Waals surface area contributed by atoms with Crippen LogP contribution in [0, 0.1) is 0 Å². The molecule has 2 aromatic heterocycles. The van der Waals surface area contributed by atoms with Crippen LogP contribution in [0.15, 0.2) is 59.3 Å². The Labute approximate surface area is 186 Å². The van der Waals surface area contributed by atoms with Crippen molar-refractivity contribution in [2.75, 3.05) is 30.4 Å². The second-order valence-corrected chi connectivity index (χ2v) is 7.97. The molecule has 3 heterocycles. The Bertz CT molecular complexity index is 1170. The highest BCUT2D eigenvalue weighted by atomic mass is 16.3. The first kappa shape index (κ1) is 21.3. The van der Waals surface area contributed by atoms with Gasteiger partial charge in [0.05, 0.1) is 18.0 Å². The maximum Gasteiger partial charge on any atom is 0.294 e. The lowest BCUT2D eigenvalue weighted by Crippen LogP contribution is -2.51. The molecular formula is C24H24N4O4. The average molecular weight is 432 g/mol. The van der Waals surface area contributed by atoms with Gasteiger partial charge in [-0.1, -0.05) is 12.1 Å². The number of carbonyl (C=O) groups is 3. The summed E-state index contributed by atoms with van der Waals surface area (Å²) < 4.78 is 5.31. The van der Waals surface area contributed by atoms with Crippen LogP contribution in [0.1, 0.15) is 34.8 Å². The van der Waals surface area contributed by atoms with Crippen LogP contribution in [0.2, 0.25) is 0 Å². The Morgan fingerprint density at radius 3 is 2.41 bits per heavy atom. The van der Waals surface area contributed by atoms with E-state index in [1.807, 2.05) is 25.1 Å². The van der Waals surface area contributed by atoms with Gasteiger partial charge in [0.15, 0.2) is 11.6 Å². The van der Waals surface area contributed by atoms with Crippen molar-refractivity contribution in [3.63, 3.8) is 0 Å². The third-order valence-electron chi connectivity index (χ3n) is 5.44. The lowest BCUT2D eigenvalue weighted by Gasteiger charge is -2.39. The molecule has 1 aliphatic heterocycles. The van der Waals surface area contributed by atoms with Crippen LogP contribution in [0.3, 0.4) is 0 Å². The fourth-order valence-electron chi connectivity index (χ4n) is 3.89. The lowest BCUT2D eigenvalue weighted by atomic mass is 10.0. The molecule has 32 heavy (non-hydrogen) atoms. The third kappa shape index (κ3) is 3.75. The van der Waals surface area contributed by atoms with E-state index in [1.165, 1.54) is 18.1 Å². The fourth-order valence-corrected chi connectivity index (χ4v) is 3.89. The number of benzene rings is 1. The predicted molar refractivity (Wildman–Crippen MR) is 121 cm³/mol. The van der Waals surface area contributed by atoms with E-state index < -0.39 is 0 Å². The number of hydrogen-bond acceptors (Lipinski definition) is 5. The van der Waals surface area contributed by atoms with Crippen molar-refractivity contribution < 1.29 is 18.8 Å². The van der Waals surface area contributed by atoms with Crippen LogP contribution in [-0.2, 0) is 4.79 Å². The number of anilines is 2. The molecular weight excluding hydrogens is 408 g/mol. The number of aromatic nitrogens is 1. The molecule has 0 fully saturated rings. The second kappa shape index (κ2) is 8.30. The molecule has 4 rings (SSSR count). The molecule has 0 unspecified atom stereocenters. The maximum atomic E-state index is 13.1. The topological polar surface area (TPSA) is 87.0 Å². The molecule has 164 valence electrons. The van der Waals surface area contributed by atoms with Crippen LogP contribution in [0.5, 0.6) is 0 Å². The Morgan fingerprint density at radius 1 is 1.09 bits per heavy atom. The van der Waals surface area contributed by atoms with Crippen molar-refractivity contribution in [3.05, 3.63) is 66.2 Å². The number of hydrogen-bond donors (Lipinski definition) is 0. The Morgan fingerprint density at radius 2 is 1.81 bits per heavy atom. The largest absolute Gasteiger partial charge is 0.459 e. The van der Waals surface area contributed by atoms with Crippen molar-refractivity contribution >= 4 is 29.2 Å². The van der Waals surface area contributed by atoms with Gasteiger partial charge in [0.1, 0.15) is 0 Å². The summed E-state index contributed by atoms with van der Waals surface area (Å²) in [6.45, 7) is 3.68. The molecule has 8 heteroatoms. The Kier molecular flexibility index (Phi) is 5.52. The average Bonchev–Trinajstić information content (AvgIpc) is 3.32. The van der Waals surface area contributed by atoms with Crippen molar-refractivity contribution in [2.24, 2.45) is 0 Å². The third-order valence-corrected chi connectivity index (χ3v) is 5.44.